The third-order valence-electron chi connectivity index (χ3n) is 9.77. The van der Waals surface area contributed by atoms with Gasteiger partial charge in [0.2, 0.25) is 0 Å². The maximum atomic E-state index is 13.3. The number of ether oxygens (including phenoxy) is 7. The lowest BCUT2D eigenvalue weighted by Gasteiger charge is -2.52. The Balaban J connectivity index is 2.14. The van der Waals surface area contributed by atoms with E-state index >= 15 is 0 Å². The Kier molecular flexibility index (Phi) is 14.9. The Labute approximate surface area is 315 Å². The number of ketones is 1. The van der Waals surface area contributed by atoms with E-state index in [0.717, 1.165) is 6.92 Å². The molecule has 2 heterocycles. The smallest absolute Gasteiger partial charge is 0.357 e. The number of methoxy groups -OCH3 is 1. The fourth-order valence-corrected chi connectivity index (χ4v) is 6.56. The molecular formula is C34H46N2O17S. The number of rotatable bonds is 14. The summed E-state index contributed by atoms with van der Waals surface area (Å²) < 4.78 is 40.0. The third-order valence-corrected chi connectivity index (χ3v) is 9.86. The van der Waals surface area contributed by atoms with Crippen molar-refractivity contribution in [3.05, 3.63) is 23.1 Å². The average molecular weight is 787 g/mol. The number of Topliss-reactive ketones (excluding diaryl/α,β-unsaturated/α-hetero) is 1. The lowest BCUT2D eigenvalue weighted by molar-refractivity contribution is -0.345. The van der Waals surface area contributed by atoms with Gasteiger partial charge >= 0.3 is 23.9 Å². The van der Waals surface area contributed by atoms with E-state index in [4.69, 9.17) is 38.6 Å². The molecular weight excluding hydrogens is 740 g/mol. The minimum absolute atomic E-state index is 0.323. The number of hydrogen-bond donors (Lipinski definition) is 6. The van der Waals surface area contributed by atoms with E-state index in [0.29, 0.717) is 6.42 Å². The van der Waals surface area contributed by atoms with Crippen LogP contribution in [0.25, 0.3) is 0 Å². The number of hydrogen-bond acceptors (Lipinski definition) is 19. The van der Waals surface area contributed by atoms with Crippen molar-refractivity contribution in [1.29, 1.82) is 5.41 Å². The summed E-state index contributed by atoms with van der Waals surface area (Å²) >= 11 is 4.60. The second kappa shape index (κ2) is 18.1. The van der Waals surface area contributed by atoms with E-state index in [9.17, 15) is 49.5 Å². The molecule has 12 atom stereocenters. The molecule has 2 fully saturated rings. The molecule has 0 amide bonds. The van der Waals surface area contributed by atoms with Crippen LogP contribution in [0.15, 0.2) is 28.1 Å². The van der Waals surface area contributed by atoms with Crippen molar-refractivity contribution in [3.63, 3.8) is 0 Å². The predicted octanol–water partition coefficient (Wildman–Crippen LogP) is 0.461. The van der Waals surface area contributed by atoms with Gasteiger partial charge in [-0.15, -0.1) is 0 Å². The molecule has 2 aliphatic heterocycles. The maximum Gasteiger partial charge on any atom is 0.357 e. The molecule has 12 unspecified atom stereocenters. The number of nitrogens with zero attached hydrogens (tertiary/aromatic N) is 1. The lowest BCUT2D eigenvalue weighted by Crippen LogP contribution is -2.70. The molecule has 19 nitrogen and oxygen atoms in total. The summed E-state index contributed by atoms with van der Waals surface area (Å²) in [5.41, 5.74) is -7.74. The van der Waals surface area contributed by atoms with Gasteiger partial charge in [0.1, 0.15) is 54.2 Å². The van der Waals surface area contributed by atoms with Crippen LogP contribution in [-0.2, 0) is 57.1 Å². The van der Waals surface area contributed by atoms with Crippen molar-refractivity contribution in [2.24, 2.45) is 10.9 Å². The van der Waals surface area contributed by atoms with Crippen molar-refractivity contribution in [2.45, 2.75) is 127 Å². The van der Waals surface area contributed by atoms with Crippen LogP contribution >= 0.6 is 12.2 Å². The highest BCUT2D eigenvalue weighted by Crippen LogP contribution is 2.42. The molecule has 0 radical (unpaired) electrons. The molecule has 20 heteroatoms. The topological polar surface area (TPSA) is 287 Å². The van der Waals surface area contributed by atoms with Crippen LogP contribution in [0.5, 0.6) is 0 Å². The number of aliphatic carboxylic acids is 1. The summed E-state index contributed by atoms with van der Waals surface area (Å²) in [7, 11) is 1.27. The molecule has 6 N–H and O–H groups in total. The van der Waals surface area contributed by atoms with Gasteiger partial charge in [-0.1, -0.05) is 19.9 Å². The van der Waals surface area contributed by atoms with Crippen LogP contribution in [0.4, 0.5) is 0 Å². The summed E-state index contributed by atoms with van der Waals surface area (Å²) in [6.45, 7) is 8.03. The first kappa shape index (κ1) is 44.4. The van der Waals surface area contributed by atoms with Gasteiger partial charge < -0.3 is 58.7 Å². The Hall–Kier alpha value is -3.98. The van der Waals surface area contributed by atoms with E-state index in [1.807, 2.05) is 5.16 Å². The lowest BCUT2D eigenvalue weighted by atomic mass is 9.74. The second-order valence-corrected chi connectivity index (χ2v) is 13.3. The van der Waals surface area contributed by atoms with Gasteiger partial charge in [-0.2, -0.15) is 4.99 Å². The normalized spacial score (nSPS) is 34.3. The number of esters is 3. The highest BCUT2D eigenvalue weighted by Gasteiger charge is 2.62. The number of carboxylic acids is 1. The summed E-state index contributed by atoms with van der Waals surface area (Å²) in [6, 6.07) is 0. The van der Waals surface area contributed by atoms with Gasteiger partial charge in [-0.3, -0.25) is 19.8 Å². The number of carbonyl (C=O) groups is 5. The van der Waals surface area contributed by atoms with Crippen LogP contribution in [0.1, 0.15) is 60.8 Å². The van der Waals surface area contributed by atoms with Gasteiger partial charge in [-0.05, 0) is 39.4 Å². The number of aliphatic imine (C=N–C) groups is 1. The minimum Gasteiger partial charge on any atom is -0.508 e. The van der Waals surface area contributed by atoms with Gasteiger partial charge in [-0.25, -0.2) is 9.59 Å². The molecule has 0 aromatic rings. The first-order valence-corrected chi connectivity index (χ1v) is 17.3. The summed E-state index contributed by atoms with van der Waals surface area (Å²) in [6.07, 6.45) is -14.5. The zero-order valence-corrected chi connectivity index (χ0v) is 31.5. The fraction of sp³-hybridized carbons (Fsp3) is 0.676. The molecule has 0 bridgehead atoms. The van der Waals surface area contributed by atoms with Crippen molar-refractivity contribution in [2.75, 3.05) is 13.7 Å². The van der Waals surface area contributed by atoms with Crippen LogP contribution < -0.4 is 0 Å². The van der Waals surface area contributed by atoms with Crippen molar-refractivity contribution in [3.8, 4) is 0 Å². The molecule has 54 heavy (non-hydrogen) atoms. The van der Waals surface area contributed by atoms with Crippen LogP contribution in [0, 0.1) is 11.3 Å². The standard InChI is InChI=1S/C34H46N2O17S/c1-8-14(3)31(43)50-16(5)34(46)15(4)49-22(10-21(34)47-7)52-27-25(39)29(33(45)11-19(38)24(35)23(28(33)40)30(41)42)51-20(12-48-17(6)37)26(27)53-32(44)18(9-2)36-13-54/h9,14-16,20-22,25-27,29,35,39-40,45-46H,8,10-12H2,1-7H3,(H,41,42). The third kappa shape index (κ3) is 8.93. The van der Waals surface area contributed by atoms with E-state index < -0.39 is 132 Å². The second-order valence-electron chi connectivity index (χ2n) is 13.1. The highest BCUT2D eigenvalue weighted by atomic mass is 32.1. The predicted molar refractivity (Wildman–Crippen MR) is 184 cm³/mol. The van der Waals surface area contributed by atoms with Crippen molar-refractivity contribution < 1.29 is 82.7 Å². The van der Waals surface area contributed by atoms with Gasteiger partial charge in [0.05, 0.1) is 29.7 Å². The molecule has 3 aliphatic rings. The number of aliphatic hydroxyl groups is 4. The van der Waals surface area contributed by atoms with Crippen LogP contribution in [0.3, 0.4) is 0 Å². The zero-order valence-electron chi connectivity index (χ0n) is 30.7. The molecule has 0 aromatic heterocycles. The first-order chi connectivity index (χ1) is 25.2. The largest absolute Gasteiger partial charge is 0.508 e. The maximum absolute atomic E-state index is 13.3. The number of carbonyl (C=O) groups excluding carboxylic acids is 4. The van der Waals surface area contributed by atoms with Gasteiger partial charge in [0, 0.05) is 20.5 Å². The Bertz CT molecular complexity index is 1610. The van der Waals surface area contributed by atoms with Crippen LogP contribution in [0.2, 0.25) is 0 Å². The monoisotopic (exact) mass is 786 g/mol. The fourth-order valence-electron chi connectivity index (χ4n) is 6.46. The van der Waals surface area contributed by atoms with Gasteiger partial charge in [0.25, 0.3) is 0 Å². The Morgan fingerprint density at radius 2 is 1.83 bits per heavy atom. The minimum atomic E-state index is -3.03. The highest BCUT2D eigenvalue weighted by molar-refractivity contribution is 7.78. The number of thiocarbonyl (C=S) groups is 1. The van der Waals surface area contributed by atoms with E-state index in [-0.39, 0.29) is 12.1 Å². The summed E-state index contributed by atoms with van der Waals surface area (Å²) in [5.74, 6) is -7.65. The molecule has 0 aromatic carbocycles. The summed E-state index contributed by atoms with van der Waals surface area (Å²) in [5, 5.41) is 66.2. The average Bonchev–Trinajstić information content (AvgIpc) is 3.11. The zero-order chi connectivity index (χ0) is 40.9. The summed E-state index contributed by atoms with van der Waals surface area (Å²) in [4.78, 5) is 66.3. The molecule has 2 saturated heterocycles. The van der Waals surface area contributed by atoms with Crippen LogP contribution in [-0.4, -0.2) is 146 Å². The number of nitrogens with one attached hydrogen (secondary N) is 1. The Morgan fingerprint density at radius 1 is 1.19 bits per heavy atom. The first-order valence-electron chi connectivity index (χ1n) is 16.9. The quantitative estimate of drug-likeness (QED) is 0.0458. The van der Waals surface area contributed by atoms with Crippen molar-refractivity contribution >= 4 is 52.8 Å². The molecule has 0 saturated carbocycles. The number of isothiocyanates is 1. The SMILES string of the molecule is CC=C(N=C=S)C(=O)OC1C(COC(C)=O)OC(C2(O)CC(=O)C(=N)C(C(=O)O)=C2O)C(O)C1OC1CC(OC)C(O)(C(C)OC(=O)C(C)CC)C(C)O1. The molecule has 0 spiro atoms. The Morgan fingerprint density at radius 3 is 2.37 bits per heavy atom. The number of carboxylic acid groups (broad SMARTS) is 1. The molecule has 1 aliphatic carbocycles. The van der Waals surface area contributed by atoms with E-state index in [2.05, 4.69) is 17.2 Å². The molecule has 300 valence electrons. The van der Waals surface area contributed by atoms with Crippen molar-refractivity contribution in [1.82, 2.24) is 0 Å². The van der Waals surface area contributed by atoms with Gasteiger partial charge in [0.15, 0.2) is 35.1 Å². The van der Waals surface area contributed by atoms with E-state index in [1.165, 1.54) is 34.0 Å². The molecule has 3 rings (SSSR count). The number of allylic oxidation sites excluding steroid dienone is 1. The van der Waals surface area contributed by atoms with E-state index in [1.54, 1.807) is 13.8 Å². The number of aliphatic hydroxyl groups excluding tert-OH is 2.